The molecule has 1 saturated heterocycles. The quantitative estimate of drug-likeness (QED) is 0.824. The normalized spacial score (nSPS) is 14.8. The van der Waals surface area contributed by atoms with Crippen molar-refractivity contribution in [2.45, 2.75) is 24.2 Å². The lowest BCUT2D eigenvalue weighted by Crippen LogP contribution is -2.30. The second-order valence-corrected chi connectivity index (χ2v) is 7.62. The Bertz CT molecular complexity index is 850. The van der Waals surface area contributed by atoms with Crippen molar-refractivity contribution in [2.75, 3.05) is 36.9 Å². The van der Waals surface area contributed by atoms with Crippen molar-refractivity contribution in [2.24, 2.45) is 0 Å². The summed E-state index contributed by atoms with van der Waals surface area (Å²) in [4.78, 5) is 10.7. The molecule has 1 aromatic heterocycles. The second kappa shape index (κ2) is 7.77. The molecule has 0 aliphatic carbocycles. The van der Waals surface area contributed by atoms with Crippen LogP contribution in [0.3, 0.4) is 0 Å². The van der Waals surface area contributed by atoms with Crippen LogP contribution in [0.15, 0.2) is 35.5 Å². The van der Waals surface area contributed by atoms with Crippen LogP contribution in [0.25, 0.3) is 0 Å². The van der Waals surface area contributed by atoms with Gasteiger partial charge in [-0.1, -0.05) is 0 Å². The van der Waals surface area contributed by atoms with Gasteiger partial charge in [-0.3, -0.25) is 4.72 Å². The molecule has 1 aromatic carbocycles. The van der Waals surface area contributed by atoms with E-state index in [9.17, 15) is 8.42 Å². The van der Waals surface area contributed by atoms with Crippen molar-refractivity contribution in [1.82, 2.24) is 9.97 Å². The molecular weight excluding hydrogens is 356 g/mol. The Hall–Kier alpha value is -2.55. The predicted molar refractivity (Wildman–Crippen MR) is 98.5 cm³/mol. The Kier molecular flexibility index (Phi) is 5.46. The number of rotatable bonds is 6. The van der Waals surface area contributed by atoms with E-state index >= 15 is 0 Å². The number of methoxy groups -OCH3 is 2. The topological polar surface area (TPSA) is 93.7 Å². The molecule has 26 heavy (non-hydrogen) atoms. The van der Waals surface area contributed by atoms with Crippen LogP contribution in [-0.2, 0) is 10.0 Å². The molecule has 0 spiro atoms. The zero-order valence-electron chi connectivity index (χ0n) is 14.8. The molecule has 0 radical (unpaired) electrons. The van der Waals surface area contributed by atoms with Crippen molar-refractivity contribution in [3.05, 3.63) is 30.6 Å². The Morgan fingerprint density at radius 2 is 1.65 bits per heavy atom. The molecule has 140 valence electrons. The summed E-state index contributed by atoms with van der Waals surface area (Å²) >= 11 is 0. The molecule has 0 saturated carbocycles. The van der Waals surface area contributed by atoms with Crippen molar-refractivity contribution in [3.8, 4) is 11.5 Å². The third-order valence-corrected chi connectivity index (χ3v) is 5.57. The Labute approximate surface area is 153 Å². The van der Waals surface area contributed by atoms with Crippen molar-refractivity contribution < 1.29 is 17.9 Å². The molecule has 1 fully saturated rings. The summed E-state index contributed by atoms with van der Waals surface area (Å²) in [7, 11) is -0.843. The number of anilines is 2. The second-order valence-electron chi connectivity index (χ2n) is 5.94. The van der Waals surface area contributed by atoms with E-state index in [4.69, 9.17) is 9.47 Å². The zero-order valence-corrected chi connectivity index (χ0v) is 15.6. The molecule has 9 heteroatoms. The SMILES string of the molecule is COc1ccc(S(=O)(=O)Nc2cnc(N3CCCCC3)nc2)cc1OC. The first-order valence-electron chi connectivity index (χ1n) is 8.35. The van der Waals surface area contributed by atoms with Crippen LogP contribution in [0, 0.1) is 0 Å². The highest BCUT2D eigenvalue weighted by atomic mass is 32.2. The maximum atomic E-state index is 12.6. The number of benzene rings is 1. The lowest BCUT2D eigenvalue weighted by Gasteiger charge is -2.26. The summed E-state index contributed by atoms with van der Waals surface area (Å²) in [5, 5.41) is 0. The van der Waals surface area contributed by atoms with Gasteiger partial charge in [0, 0.05) is 19.2 Å². The largest absolute Gasteiger partial charge is 0.493 e. The van der Waals surface area contributed by atoms with E-state index in [1.54, 1.807) is 6.07 Å². The molecular formula is C17H22N4O4S. The van der Waals surface area contributed by atoms with Gasteiger partial charge in [0.25, 0.3) is 10.0 Å². The van der Waals surface area contributed by atoms with Gasteiger partial charge in [0.1, 0.15) is 0 Å². The van der Waals surface area contributed by atoms with E-state index in [0.717, 1.165) is 25.9 Å². The molecule has 0 unspecified atom stereocenters. The van der Waals surface area contributed by atoms with Crippen molar-refractivity contribution in [3.63, 3.8) is 0 Å². The van der Waals surface area contributed by atoms with E-state index in [-0.39, 0.29) is 4.90 Å². The molecule has 1 N–H and O–H groups in total. The minimum absolute atomic E-state index is 0.0651. The fraction of sp³-hybridized carbons (Fsp3) is 0.412. The van der Waals surface area contributed by atoms with Gasteiger partial charge in [-0.15, -0.1) is 0 Å². The summed E-state index contributed by atoms with van der Waals surface area (Å²) in [5.41, 5.74) is 0.306. The maximum absolute atomic E-state index is 12.6. The number of aromatic nitrogens is 2. The molecule has 0 bridgehead atoms. The average molecular weight is 378 g/mol. The van der Waals surface area contributed by atoms with Crippen LogP contribution in [0.1, 0.15) is 19.3 Å². The molecule has 0 amide bonds. The van der Waals surface area contributed by atoms with Crippen molar-refractivity contribution >= 4 is 21.7 Å². The molecule has 2 heterocycles. The monoisotopic (exact) mass is 378 g/mol. The molecule has 8 nitrogen and oxygen atoms in total. The summed E-state index contributed by atoms with van der Waals surface area (Å²) in [6, 6.07) is 4.40. The first-order valence-corrected chi connectivity index (χ1v) is 9.83. The average Bonchev–Trinajstić information content (AvgIpc) is 2.68. The number of ether oxygens (including phenoxy) is 2. The fourth-order valence-corrected chi connectivity index (χ4v) is 3.87. The van der Waals surface area contributed by atoms with Gasteiger partial charge >= 0.3 is 0 Å². The third-order valence-electron chi connectivity index (χ3n) is 4.19. The van der Waals surface area contributed by atoms with Crippen LogP contribution in [0.4, 0.5) is 11.6 Å². The van der Waals surface area contributed by atoms with Crippen LogP contribution >= 0.6 is 0 Å². The number of piperidine rings is 1. The molecule has 0 atom stereocenters. The summed E-state index contributed by atoms with van der Waals surface area (Å²) in [6.45, 7) is 1.85. The zero-order chi connectivity index (χ0) is 18.6. The highest BCUT2D eigenvalue weighted by Gasteiger charge is 2.18. The fourth-order valence-electron chi connectivity index (χ4n) is 2.83. The van der Waals surface area contributed by atoms with Gasteiger partial charge in [-0.25, -0.2) is 18.4 Å². The highest BCUT2D eigenvalue weighted by molar-refractivity contribution is 7.92. The van der Waals surface area contributed by atoms with Gasteiger partial charge in [0.2, 0.25) is 5.95 Å². The van der Waals surface area contributed by atoms with Gasteiger partial charge in [0.05, 0.1) is 37.2 Å². The van der Waals surface area contributed by atoms with E-state index in [2.05, 4.69) is 19.6 Å². The maximum Gasteiger partial charge on any atom is 0.262 e. The Morgan fingerprint density at radius 1 is 1.00 bits per heavy atom. The first-order chi connectivity index (χ1) is 12.5. The van der Waals surface area contributed by atoms with E-state index in [1.807, 2.05) is 0 Å². The van der Waals surface area contributed by atoms with Crippen LogP contribution in [0.2, 0.25) is 0 Å². The van der Waals surface area contributed by atoms with Crippen molar-refractivity contribution in [1.29, 1.82) is 0 Å². The van der Waals surface area contributed by atoms with Crippen LogP contribution < -0.4 is 19.1 Å². The van der Waals surface area contributed by atoms with E-state index in [1.165, 1.54) is 45.2 Å². The standard InChI is InChI=1S/C17H22N4O4S/c1-24-15-7-6-14(10-16(15)25-2)26(22,23)20-13-11-18-17(19-12-13)21-8-4-3-5-9-21/h6-7,10-12,20H,3-5,8-9H2,1-2H3. The molecule has 2 aromatic rings. The summed E-state index contributed by atoms with van der Waals surface area (Å²) in [6.07, 6.45) is 6.43. The minimum Gasteiger partial charge on any atom is -0.493 e. The lowest BCUT2D eigenvalue weighted by molar-refractivity contribution is 0.354. The number of nitrogens with zero attached hydrogens (tertiary/aromatic N) is 3. The number of sulfonamides is 1. The predicted octanol–water partition coefficient (Wildman–Crippen LogP) is 2.28. The third kappa shape index (κ3) is 3.98. The summed E-state index contributed by atoms with van der Waals surface area (Å²) < 4.78 is 37.9. The number of nitrogens with one attached hydrogen (secondary N) is 1. The minimum atomic E-state index is -3.79. The van der Waals surface area contributed by atoms with Crippen LogP contribution in [-0.4, -0.2) is 45.7 Å². The van der Waals surface area contributed by atoms with Gasteiger partial charge in [0.15, 0.2) is 11.5 Å². The smallest absolute Gasteiger partial charge is 0.262 e. The lowest BCUT2D eigenvalue weighted by atomic mass is 10.1. The first kappa shape index (κ1) is 18.2. The Balaban J connectivity index is 1.76. The van der Waals surface area contributed by atoms with E-state index in [0.29, 0.717) is 23.1 Å². The van der Waals surface area contributed by atoms with E-state index < -0.39 is 10.0 Å². The summed E-state index contributed by atoms with van der Waals surface area (Å²) in [5.74, 6) is 1.42. The van der Waals surface area contributed by atoms with Crippen LogP contribution in [0.5, 0.6) is 11.5 Å². The number of hydrogen-bond acceptors (Lipinski definition) is 7. The highest BCUT2D eigenvalue weighted by Crippen LogP contribution is 2.30. The molecule has 1 aliphatic heterocycles. The van der Waals surface area contributed by atoms with Gasteiger partial charge in [-0.05, 0) is 31.4 Å². The molecule has 3 rings (SSSR count). The number of hydrogen-bond donors (Lipinski definition) is 1. The Morgan fingerprint density at radius 3 is 2.27 bits per heavy atom. The van der Waals surface area contributed by atoms with Gasteiger partial charge < -0.3 is 14.4 Å². The molecule has 1 aliphatic rings. The van der Waals surface area contributed by atoms with Gasteiger partial charge in [-0.2, -0.15) is 0 Å².